The number of hydrogen-bond donors (Lipinski definition) is 0. The number of carbonyl (C=O) groups excluding carboxylic acids is 1. The van der Waals surface area contributed by atoms with Crippen LogP contribution in [0.3, 0.4) is 0 Å². The van der Waals surface area contributed by atoms with Gasteiger partial charge in [-0.2, -0.15) is 0 Å². The number of non-ortho nitro benzene ring substituents is 2. The van der Waals surface area contributed by atoms with Gasteiger partial charge < -0.3 is 4.74 Å². The number of halogens is 1. The molecule has 0 aromatic heterocycles. The monoisotopic (exact) mass is 393 g/mol. The zero-order valence-electron chi connectivity index (χ0n) is 13.1. The smallest absolute Gasteiger partial charge is 0.397 e. The Bertz CT molecular complexity index is 993. The molecule has 3 rings (SSSR count). The molecule has 1 aliphatic heterocycles. The Morgan fingerprint density at radius 1 is 0.926 bits per heavy atom. The molecular weight excluding hydrogens is 386 g/mol. The first-order valence-corrected chi connectivity index (χ1v) is 7.61. The molecule has 2 atom stereocenters. The molecular formula is C15H8ClN3O8. The minimum Gasteiger partial charge on any atom is -0.475 e. The molecule has 0 bridgehead atoms. The summed E-state index contributed by atoms with van der Waals surface area (Å²) in [5.74, 6) is -1.30. The lowest BCUT2D eigenvalue weighted by Gasteiger charge is -2.32. The Labute approximate surface area is 154 Å². The summed E-state index contributed by atoms with van der Waals surface area (Å²) in [7, 11) is 0. The van der Waals surface area contributed by atoms with Crippen molar-refractivity contribution in [3.63, 3.8) is 0 Å². The Kier molecular flexibility index (Phi) is 4.24. The number of Topliss-reactive ketones (excluding diaryl/α,β-unsaturated/α-hetero) is 1. The van der Waals surface area contributed by atoms with Gasteiger partial charge >= 0.3 is 5.00 Å². The van der Waals surface area contributed by atoms with Gasteiger partial charge in [0.25, 0.3) is 17.2 Å². The summed E-state index contributed by atoms with van der Waals surface area (Å²) >= 11 is 6.05. The van der Waals surface area contributed by atoms with Crippen LogP contribution in [-0.4, -0.2) is 25.6 Å². The van der Waals surface area contributed by atoms with Crippen LogP contribution in [-0.2, 0) is 0 Å². The molecule has 0 unspecified atom stereocenters. The Hall–Kier alpha value is -3.60. The number of carbonyl (C=O) groups is 1. The van der Waals surface area contributed by atoms with E-state index in [1.54, 1.807) is 0 Å². The second-order valence-corrected chi connectivity index (χ2v) is 6.12. The molecule has 2 aromatic carbocycles. The van der Waals surface area contributed by atoms with Gasteiger partial charge in [0.1, 0.15) is 5.75 Å². The first-order chi connectivity index (χ1) is 12.7. The molecule has 1 heterocycles. The number of ether oxygens (including phenoxy) is 1. The molecule has 0 radical (unpaired) electrons. The fourth-order valence-corrected chi connectivity index (χ4v) is 2.94. The van der Waals surface area contributed by atoms with Crippen LogP contribution < -0.4 is 4.74 Å². The molecule has 0 saturated heterocycles. The quantitative estimate of drug-likeness (QED) is 0.332. The SMILES string of the molecule is O=C1c2cc([N+](=O)[O-])ccc2O[C@H](c2ccc([N+](=O)[O-])cc2)[C@@]1(Cl)[N+](=O)[O-]. The predicted molar refractivity (Wildman–Crippen MR) is 89.5 cm³/mol. The van der Waals surface area contributed by atoms with Crippen LogP contribution in [0, 0.1) is 30.3 Å². The fraction of sp³-hybridized carbons (Fsp3) is 0.133. The summed E-state index contributed by atoms with van der Waals surface area (Å²) in [6.07, 6.45) is -1.60. The molecule has 0 spiro atoms. The highest BCUT2D eigenvalue weighted by Gasteiger charge is 2.62. The van der Waals surface area contributed by atoms with Gasteiger partial charge in [0.2, 0.25) is 6.10 Å². The van der Waals surface area contributed by atoms with Crippen molar-refractivity contribution in [1.82, 2.24) is 0 Å². The highest BCUT2D eigenvalue weighted by Crippen LogP contribution is 2.46. The van der Waals surface area contributed by atoms with Crippen molar-refractivity contribution in [3.05, 3.63) is 83.9 Å². The minimum atomic E-state index is -2.79. The molecule has 0 aliphatic carbocycles. The topological polar surface area (TPSA) is 156 Å². The van der Waals surface area contributed by atoms with Crippen molar-refractivity contribution in [3.8, 4) is 5.75 Å². The van der Waals surface area contributed by atoms with Crippen molar-refractivity contribution in [2.75, 3.05) is 0 Å². The Morgan fingerprint density at radius 3 is 2.00 bits per heavy atom. The van der Waals surface area contributed by atoms with Crippen LogP contribution in [0.25, 0.3) is 0 Å². The van der Waals surface area contributed by atoms with E-state index in [4.69, 9.17) is 16.3 Å². The molecule has 0 amide bonds. The van der Waals surface area contributed by atoms with E-state index >= 15 is 0 Å². The number of nitro benzene ring substituents is 2. The van der Waals surface area contributed by atoms with E-state index < -0.39 is 42.9 Å². The number of nitrogens with zero attached hydrogens (tertiary/aromatic N) is 3. The van der Waals surface area contributed by atoms with Gasteiger partial charge in [0.15, 0.2) is 0 Å². The molecule has 2 aromatic rings. The average molecular weight is 394 g/mol. The maximum Gasteiger partial charge on any atom is 0.397 e. The lowest BCUT2D eigenvalue weighted by molar-refractivity contribution is -0.536. The van der Waals surface area contributed by atoms with Crippen LogP contribution in [0.15, 0.2) is 42.5 Å². The molecule has 27 heavy (non-hydrogen) atoms. The molecule has 0 N–H and O–H groups in total. The van der Waals surface area contributed by atoms with Crippen LogP contribution in [0.2, 0.25) is 0 Å². The van der Waals surface area contributed by atoms with E-state index in [-0.39, 0.29) is 17.0 Å². The largest absolute Gasteiger partial charge is 0.475 e. The summed E-state index contributed by atoms with van der Waals surface area (Å²) in [5.41, 5.74) is -1.06. The second kappa shape index (κ2) is 6.29. The van der Waals surface area contributed by atoms with Crippen molar-refractivity contribution in [2.45, 2.75) is 11.1 Å². The third kappa shape index (κ3) is 2.83. The molecule has 1 aliphatic rings. The lowest BCUT2D eigenvalue weighted by atomic mass is 9.90. The number of ketones is 1. The third-order valence-corrected chi connectivity index (χ3v) is 4.51. The summed E-state index contributed by atoms with van der Waals surface area (Å²) in [4.78, 5) is 40.7. The summed E-state index contributed by atoms with van der Waals surface area (Å²) < 4.78 is 5.51. The first kappa shape index (κ1) is 18.2. The molecule has 0 fully saturated rings. The highest BCUT2D eigenvalue weighted by molar-refractivity contribution is 6.37. The van der Waals surface area contributed by atoms with Crippen LogP contribution in [0.1, 0.15) is 22.0 Å². The fourth-order valence-electron chi connectivity index (χ4n) is 2.66. The second-order valence-electron chi connectivity index (χ2n) is 5.54. The normalized spacial score (nSPS) is 21.1. The van der Waals surface area contributed by atoms with E-state index in [0.717, 1.165) is 30.3 Å². The number of fused-ring (bicyclic) bond motifs is 1. The van der Waals surface area contributed by atoms with Crippen molar-refractivity contribution >= 4 is 28.8 Å². The molecule has 0 saturated carbocycles. The van der Waals surface area contributed by atoms with Gasteiger partial charge in [-0.15, -0.1) is 0 Å². The van der Waals surface area contributed by atoms with Crippen LogP contribution in [0.4, 0.5) is 11.4 Å². The number of benzene rings is 2. The lowest BCUT2D eigenvalue weighted by Crippen LogP contribution is -2.51. The predicted octanol–water partition coefficient (Wildman–Crippen LogP) is 3.03. The first-order valence-electron chi connectivity index (χ1n) is 7.24. The maximum atomic E-state index is 12.7. The number of alkyl halides is 1. The van der Waals surface area contributed by atoms with E-state index in [2.05, 4.69) is 0 Å². The summed E-state index contributed by atoms with van der Waals surface area (Å²) in [5, 5.41) is 33.3. The average Bonchev–Trinajstić information content (AvgIpc) is 2.64. The van der Waals surface area contributed by atoms with E-state index in [1.165, 1.54) is 12.1 Å². The van der Waals surface area contributed by atoms with Crippen LogP contribution >= 0.6 is 11.6 Å². The standard InChI is InChI=1S/C15H8ClN3O8/c16-15(19(25)26)13(20)11-7-10(18(23)24)5-6-12(11)27-14(15)8-1-3-9(4-2-8)17(21)22/h1-7,14H/t14-,15+/m1/s1. The maximum absolute atomic E-state index is 12.7. The van der Waals surface area contributed by atoms with Gasteiger partial charge in [0, 0.05) is 29.8 Å². The molecule has 12 heteroatoms. The molecule has 138 valence electrons. The Balaban J connectivity index is 2.14. The van der Waals surface area contributed by atoms with Crippen molar-refractivity contribution in [2.24, 2.45) is 0 Å². The van der Waals surface area contributed by atoms with Gasteiger partial charge in [-0.1, -0.05) is 0 Å². The van der Waals surface area contributed by atoms with Crippen molar-refractivity contribution in [1.29, 1.82) is 0 Å². The summed E-state index contributed by atoms with van der Waals surface area (Å²) in [6, 6.07) is 7.62. The molecule has 11 nitrogen and oxygen atoms in total. The summed E-state index contributed by atoms with van der Waals surface area (Å²) in [6.45, 7) is 0. The van der Waals surface area contributed by atoms with Gasteiger partial charge in [-0.25, -0.2) is 0 Å². The minimum absolute atomic E-state index is 0.0599. The third-order valence-electron chi connectivity index (χ3n) is 4.00. The van der Waals surface area contributed by atoms with E-state index in [1.807, 2.05) is 0 Å². The highest BCUT2D eigenvalue weighted by atomic mass is 35.5. The number of nitro groups is 3. The van der Waals surface area contributed by atoms with Gasteiger partial charge in [-0.3, -0.25) is 35.1 Å². The van der Waals surface area contributed by atoms with Crippen LogP contribution in [0.5, 0.6) is 5.75 Å². The zero-order valence-corrected chi connectivity index (χ0v) is 13.9. The van der Waals surface area contributed by atoms with E-state index in [0.29, 0.717) is 0 Å². The Morgan fingerprint density at radius 2 is 1.48 bits per heavy atom. The van der Waals surface area contributed by atoms with Crippen molar-refractivity contribution < 1.29 is 24.3 Å². The van der Waals surface area contributed by atoms with Gasteiger partial charge in [0.05, 0.1) is 20.3 Å². The number of hydrogen-bond acceptors (Lipinski definition) is 8. The zero-order chi connectivity index (χ0) is 19.9. The number of rotatable bonds is 4. The van der Waals surface area contributed by atoms with E-state index in [9.17, 15) is 35.1 Å². The van der Waals surface area contributed by atoms with Gasteiger partial charge in [-0.05, 0) is 29.8 Å².